The first-order chi connectivity index (χ1) is 10.0. The number of aryl methyl sites for hydroxylation is 1. The standard InChI is InChI=1S/C17H22N2O2/c1-17(2,3)14-10-19-15(21-14)11-20-13-8-4-6-12-7-5-9-18-16(12)13/h4,6,8,10,18H,5,7,9,11H2,1-3H3. The Balaban J connectivity index is 1.72. The third-order valence-electron chi connectivity index (χ3n) is 3.68. The lowest BCUT2D eigenvalue weighted by molar-refractivity contribution is 0.252. The normalized spacial score (nSPS) is 14.4. The second kappa shape index (κ2) is 5.43. The van der Waals surface area contributed by atoms with Crippen LogP contribution in [-0.4, -0.2) is 11.5 Å². The predicted molar refractivity (Wildman–Crippen MR) is 82.8 cm³/mol. The van der Waals surface area contributed by atoms with Gasteiger partial charge in [0.25, 0.3) is 0 Å². The summed E-state index contributed by atoms with van der Waals surface area (Å²) in [6.07, 6.45) is 4.06. The van der Waals surface area contributed by atoms with Crippen LogP contribution in [0.25, 0.3) is 0 Å². The van der Waals surface area contributed by atoms with Crippen molar-refractivity contribution in [1.82, 2.24) is 4.98 Å². The van der Waals surface area contributed by atoms with E-state index in [9.17, 15) is 0 Å². The first-order valence-corrected chi connectivity index (χ1v) is 7.48. The minimum Gasteiger partial charge on any atom is -0.482 e. The molecule has 0 aliphatic carbocycles. The summed E-state index contributed by atoms with van der Waals surface area (Å²) in [7, 11) is 0. The van der Waals surface area contributed by atoms with Gasteiger partial charge in [-0.3, -0.25) is 0 Å². The smallest absolute Gasteiger partial charge is 0.232 e. The summed E-state index contributed by atoms with van der Waals surface area (Å²) >= 11 is 0. The molecule has 0 radical (unpaired) electrons. The molecule has 1 aromatic carbocycles. The Morgan fingerprint density at radius 2 is 2.19 bits per heavy atom. The van der Waals surface area contributed by atoms with Crippen molar-refractivity contribution < 1.29 is 9.15 Å². The fourth-order valence-corrected chi connectivity index (χ4v) is 2.46. The molecule has 1 N–H and O–H groups in total. The fourth-order valence-electron chi connectivity index (χ4n) is 2.46. The van der Waals surface area contributed by atoms with Crippen molar-refractivity contribution in [1.29, 1.82) is 0 Å². The number of para-hydroxylation sites is 1. The van der Waals surface area contributed by atoms with Gasteiger partial charge in [0, 0.05) is 12.0 Å². The van der Waals surface area contributed by atoms with Crippen LogP contribution in [-0.2, 0) is 18.4 Å². The molecule has 0 amide bonds. The molecular weight excluding hydrogens is 264 g/mol. The lowest BCUT2D eigenvalue weighted by atomic mass is 9.94. The minimum absolute atomic E-state index is 0.0291. The van der Waals surface area contributed by atoms with Gasteiger partial charge in [-0.15, -0.1) is 0 Å². The second-order valence-corrected chi connectivity index (χ2v) is 6.48. The third kappa shape index (κ3) is 3.04. The van der Waals surface area contributed by atoms with E-state index in [0.29, 0.717) is 12.5 Å². The van der Waals surface area contributed by atoms with Crippen molar-refractivity contribution in [3.05, 3.63) is 41.6 Å². The number of ether oxygens (including phenoxy) is 1. The van der Waals surface area contributed by atoms with Gasteiger partial charge in [0.1, 0.15) is 11.5 Å². The Kier molecular flexibility index (Phi) is 3.62. The maximum atomic E-state index is 5.90. The van der Waals surface area contributed by atoms with Crippen LogP contribution in [0.2, 0.25) is 0 Å². The highest BCUT2D eigenvalue weighted by Crippen LogP contribution is 2.32. The Labute approximate surface area is 125 Å². The number of aromatic nitrogens is 1. The number of hydrogen-bond donors (Lipinski definition) is 1. The van der Waals surface area contributed by atoms with E-state index < -0.39 is 0 Å². The number of anilines is 1. The molecule has 4 heteroatoms. The summed E-state index contributed by atoms with van der Waals surface area (Å²) < 4.78 is 11.7. The van der Waals surface area contributed by atoms with Gasteiger partial charge < -0.3 is 14.5 Å². The molecule has 0 bridgehead atoms. The fraction of sp³-hybridized carbons (Fsp3) is 0.471. The van der Waals surface area contributed by atoms with Crippen molar-refractivity contribution in [2.45, 2.75) is 45.6 Å². The quantitative estimate of drug-likeness (QED) is 0.929. The maximum absolute atomic E-state index is 5.90. The summed E-state index contributed by atoms with van der Waals surface area (Å²) in [4.78, 5) is 4.30. The van der Waals surface area contributed by atoms with Gasteiger partial charge in [-0.2, -0.15) is 0 Å². The number of oxazole rings is 1. The Hall–Kier alpha value is -1.97. The zero-order valence-corrected chi connectivity index (χ0v) is 12.9. The Morgan fingerprint density at radius 3 is 2.95 bits per heavy atom. The van der Waals surface area contributed by atoms with E-state index in [1.54, 1.807) is 6.20 Å². The zero-order chi connectivity index (χ0) is 14.9. The van der Waals surface area contributed by atoms with Crippen LogP contribution in [0.4, 0.5) is 5.69 Å². The Bertz CT molecular complexity index is 626. The van der Waals surface area contributed by atoms with Crippen molar-refractivity contribution >= 4 is 5.69 Å². The van der Waals surface area contributed by atoms with E-state index in [1.807, 2.05) is 12.1 Å². The van der Waals surface area contributed by atoms with Gasteiger partial charge in [-0.25, -0.2) is 4.98 Å². The molecule has 0 atom stereocenters. The number of rotatable bonds is 3. The Morgan fingerprint density at radius 1 is 1.33 bits per heavy atom. The summed E-state index contributed by atoms with van der Waals surface area (Å²) in [6, 6.07) is 6.18. The van der Waals surface area contributed by atoms with E-state index in [0.717, 1.165) is 30.2 Å². The van der Waals surface area contributed by atoms with Gasteiger partial charge >= 0.3 is 0 Å². The van der Waals surface area contributed by atoms with Crippen molar-refractivity contribution in [3.8, 4) is 5.75 Å². The van der Waals surface area contributed by atoms with Gasteiger partial charge in [0.15, 0.2) is 6.61 Å². The first kappa shape index (κ1) is 14.0. The molecule has 3 rings (SSSR count). The predicted octanol–water partition coefficient (Wildman–Crippen LogP) is 3.91. The number of nitrogens with one attached hydrogen (secondary N) is 1. The highest BCUT2D eigenvalue weighted by atomic mass is 16.5. The molecule has 0 saturated heterocycles. The molecule has 2 aromatic rings. The van der Waals surface area contributed by atoms with Crippen LogP contribution < -0.4 is 10.1 Å². The molecule has 2 heterocycles. The van der Waals surface area contributed by atoms with E-state index in [4.69, 9.17) is 9.15 Å². The SMILES string of the molecule is CC(C)(C)c1cnc(COc2cccc3c2NCCC3)o1. The van der Waals surface area contributed by atoms with Crippen LogP contribution in [0.3, 0.4) is 0 Å². The molecular formula is C17H22N2O2. The summed E-state index contributed by atoms with van der Waals surface area (Å²) in [5.41, 5.74) is 2.41. The van der Waals surface area contributed by atoms with Crippen LogP contribution in [0.1, 0.15) is 44.4 Å². The van der Waals surface area contributed by atoms with Crippen LogP contribution in [0, 0.1) is 0 Å². The monoisotopic (exact) mass is 286 g/mol. The van der Waals surface area contributed by atoms with E-state index in [2.05, 4.69) is 37.1 Å². The molecule has 21 heavy (non-hydrogen) atoms. The molecule has 0 spiro atoms. The largest absolute Gasteiger partial charge is 0.482 e. The summed E-state index contributed by atoms with van der Waals surface area (Å²) in [5, 5.41) is 3.42. The second-order valence-electron chi connectivity index (χ2n) is 6.48. The molecule has 1 aliphatic rings. The zero-order valence-electron chi connectivity index (χ0n) is 12.9. The molecule has 0 saturated carbocycles. The van der Waals surface area contributed by atoms with E-state index in [1.165, 1.54) is 12.0 Å². The van der Waals surface area contributed by atoms with E-state index >= 15 is 0 Å². The molecule has 1 aliphatic heterocycles. The molecule has 112 valence electrons. The van der Waals surface area contributed by atoms with Crippen molar-refractivity contribution in [2.24, 2.45) is 0 Å². The highest BCUT2D eigenvalue weighted by molar-refractivity contribution is 5.63. The number of nitrogens with zero attached hydrogens (tertiary/aromatic N) is 1. The summed E-state index contributed by atoms with van der Waals surface area (Å²) in [5.74, 6) is 2.38. The molecule has 4 nitrogen and oxygen atoms in total. The minimum atomic E-state index is -0.0291. The third-order valence-corrected chi connectivity index (χ3v) is 3.68. The average Bonchev–Trinajstić information content (AvgIpc) is 2.94. The lowest BCUT2D eigenvalue weighted by Crippen LogP contribution is -2.13. The molecule has 0 unspecified atom stereocenters. The molecule has 1 aromatic heterocycles. The first-order valence-electron chi connectivity index (χ1n) is 7.48. The van der Waals surface area contributed by atoms with Crippen LogP contribution in [0.5, 0.6) is 5.75 Å². The van der Waals surface area contributed by atoms with Gasteiger partial charge in [0.2, 0.25) is 5.89 Å². The number of hydrogen-bond acceptors (Lipinski definition) is 4. The number of fused-ring (bicyclic) bond motifs is 1. The topological polar surface area (TPSA) is 47.3 Å². The van der Waals surface area contributed by atoms with Crippen LogP contribution in [0.15, 0.2) is 28.8 Å². The van der Waals surface area contributed by atoms with E-state index in [-0.39, 0.29) is 5.41 Å². The van der Waals surface area contributed by atoms with Gasteiger partial charge in [-0.05, 0) is 24.5 Å². The summed E-state index contributed by atoms with van der Waals surface area (Å²) in [6.45, 7) is 7.68. The number of benzene rings is 1. The van der Waals surface area contributed by atoms with Gasteiger partial charge in [-0.1, -0.05) is 32.9 Å². The average molecular weight is 286 g/mol. The lowest BCUT2D eigenvalue weighted by Gasteiger charge is -2.20. The highest BCUT2D eigenvalue weighted by Gasteiger charge is 2.20. The maximum Gasteiger partial charge on any atom is 0.232 e. The van der Waals surface area contributed by atoms with Crippen molar-refractivity contribution in [2.75, 3.05) is 11.9 Å². The van der Waals surface area contributed by atoms with Crippen LogP contribution >= 0.6 is 0 Å². The molecule has 0 fully saturated rings. The van der Waals surface area contributed by atoms with Crippen molar-refractivity contribution in [3.63, 3.8) is 0 Å². The van der Waals surface area contributed by atoms with Gasteiger partial charge in [0.05, 0.1) is 11.9 Å².